The molecule has 1 heterocycles. The lowest BCUT2D eigenvalue weighted by molar-refractivity contribution is -0.129. The molecule has 1 aliphatic heterocycles. The summed E-state index contributed by atoms with van der Waals surface area (Å²) in [5.41, 5.74) is 2.22. The van der Waals surface area contributed by atoms with Crippen LogP contribution in [0.5, 0.6) is 11.5 Å². The normalized spacial score (nSPS) is 16.2. The van der Waals surface area contributed by atoms with Crippen LogP contribution in [0.1, 0.15) is 44.6 Å². The molecular weight excluding hydrogens is 546 g/mol. The molecule has 0 saturated carbocycles. The minimum absolute atomic E-state index is 0.0602. The number of ether oxygens (including phenoxy) is 2. The van der Waals surface area contributed by atoms with Gasteiger partial charge in [0.15, 0.2) is 5.17 Å². The van der Waals surface area contributed by atoms with Gasteiger partial charge in [-0.05, 0) is 72.6 Å². The molecule has 0 spiro atoms. The molecule has 0 aliphatic carbocycles. The summed E-state index contributed by atoms with van der Waals surface area (Å²) in [6.07, 6.45) is 4.64. The van der Waals surface area contributed by atoms with Crippen molar-refractivity contribution in [3.8, 4) is 11.5 Å². The number of carbonyl (C=O) groups is 2. The zero-order valence-electron chi connectivity index (χ0n) is 22.8. The van der Waals surface area contributed by atoms with E-state index in [1.54, 1.807) is 36.3 Å². The molecule has 0 bridgehead atoms. The van der Waals surface area contributed by atoms with Gasteiger partial charge in [-0.15, -0.1) is 0 Å². The average molecular weight is 580 g/mol. The Morgan fingerprint density at radius 3 is 2.38 bits per heavy atom. The quantitative estimate of drug-likeness (QED) is 0.225. The summed E-state index contributed by atoms with van der Waals surface area (Å²) in [6.45, 7) is 3.18. The number of thioether (sulfide) groups is 1. The first-order valence-electron chi connectivity index (χ1n) is 13.4. The molecule has 210 valence electrons. The molecule has 1 aliphatic rings. The van der Waals surface area contributed by atoms with Gasteiger partial charge in [-0.1, -0.05) is 61.7 Å². The lowest BCUT2D eigenvalue weighted by Gasteiger charge is -2.32. The lowest BCUT2D eigenvalue weighted by Crippen LogP contribution is -2.44. The van der Waals surface area contributed by atoms with E-state index >= 15 is 0 Å². The van der Waals surface area contributed by atoms with Crippen molar-refractivity contribution < 1.29 is 19.1 Å². The number of amides is 2. The standard InChI is InChI=1S/C31H34ClN3O4S/c1-3-4-5-6-19-39-27-17-13-24(14-18-27)33-30(37)28-20-29(36)35(21-22-7-9-23(32)10-8-22)31(40-28)34-25-11-15-26(38-2)16-12-25/h7-18,28H,3-6,19-21H2,1-2H3,(H,33,37). The molecule has 3 aromatic rings. The fraction of sp³-hybridized carbons (Fsp3) is 0.323. The monoisotopic (exact) mass is 579 g/mol. The summed E-state index contributed by atoms with van der Waals surface area (Å²) < 4.78 is 11.0. The Balaban J connectivity index is 1.45. The Bertz CT molecular complexity index is 1300. The van der Waals surface area contributed by atoms with Crippen LogP contribution < -0.4 is 14.8 Å². The predicted octanol–water partition coefficient (Wildman–Crippen LogP) is 7.47. The second kappa shape index (κ2) is 14.8. The number of aliphatic imine (C=N–C) groups is 1. The van der Waals surface area contributed by atoms with Crippen molar-refractivity contribution in [2.24, 2.45) is 4.99 Å². The van der Waals surface area contributed by atoms with E-state index in [2.05, 4.69) is 12.2 Å². The number of nitrogens with zero attached hydrogens (tertiary/aromatic N) is 2. The van der Waals surface area contributed by atoms with Gasteiger partial charge in [0.05, 0.1) is 25.9 Å². The van der Waals surface area contributed by atoms with Crippen LogP contribution >= 0.6 is 23.4 Å². The van der Waals surface area contributed by atoms with Crippen molar-refractivity contribution in [3.63, 3.8) is 0 Å². The number of rotatable bonds is 12. The van der Waals surface area contributed by atoms with Crippen LogP contribution in [0.15, 0.2) is 77.8 Å². The molecule has 1 N–H and O–H groups in total. The first kappa shape index (κ1) is 29.5. The van der Waals surface area contributed by atoms with E-state index in [0.29, 0.717) is 40.5 Å². The van der Waals surface area contributed by atoms with Crippen molar-refractivity contribution in [1.29, 1.82) is 0 Å². The highest BCUT2D eigenvalue weighted by Gasteiger charge is 2.36. The molecule has 9 heteroatoms. The molecule has 7 nitrogen and oxygen atoms in total. The largest absolute Gasteiger partial charge is 0.497 e. The van der Waals surface area contributed by atoms with Crippen LogP contribution in [-0.2, 0) is 16.1 Å². The van der Waals surface area contributed by atoms with Gasteiger partial charge in [0.25, 0.3) is 0 Å². The van der Waals surface area contributed by atoms with Crippen LogP contribution in [0.3, 0.4) is 0 Å². The lowest BCUT2D eigenvalue weighted by atomic mass is 10.2. The fourth-order valence-corrected chi connectivity index (χ4v) is 5.34. The second-order valence-corrected chi connectivity index (χ2v) is 11.0. The fourth-order valence-electron chi connectivity index (χ4n) is 4.11. The van der Waals surface area contributed by atoms with Crippen molar-refractivity contribution >= 4 is 51.7 Å². The van der Waals surface area contributed by atoms with E-state index in [1.165, 1.54) is 24.6 Å². The van der Waals surface area contributed by atoms with E-state index in [4.69, 9.17) is 26.1 Å². The molecule has 1 fully saturated rings. The van der Waals surface area contributed by atoms with Gasteiger partial charge in [0.2, 0.25) is 11.8 Å². The maximum atomic E-state index is 13.3. The number of nitrogens with one attached hydrogen (secondary N) is 1. The van der Waals surface area contributed by atoms with Crippen LogP contribution in [0.4, 0.5) is 11.4 Å². The Morgan fingerprint density at radius 2 is 1.70 bits per heavy atom. The van der Waals surface area contributed by atoms with Gasteiger partial charge in [-0.3, -0.25) is 14.5 Å². The third-order valence-electron chi connectivity index (χ3n) is 6.37. The first-order valence-corrected chi connectivity index (χ1v) is 14.7. The van der Waals surface area contributed by atoms with Gasteiger partial charge >= 0.3 is 0 Å². The van der Waals surface area contributed by atoms with Crippen LogP contribution in [0.25, 0.3) is 0 Å². The number of hydrogen-bond donors (Lipinski definition) is 1. The number of benzene rings is 3. The molecule has 0 radical (unpaired) electrons. The maximum Gasteiger partial charge on any atom is 0.238 e. The molecule has 0 aromatic heterocycles. The molecular formula is C31H34ClN3O4S. The number of carbonyl (C=O) groups excluding carboxylic acids is 2. The zero-order chi connectivity index (χ0) is 28.3. The second-order valence-electron chi connectivity index (χ2n) is 9.43. The van der Waals surface area contributed by atoms with E-state index in [1.807, 2.05) is 48.5 Å². The molecule has 1 unspecified atom stereocenters. The van der Waals surface area contributed by atoms with E-state index in [9.17, 15) is 9.59 Å². The summed E-state index contributed by atoms with van der Waals surface area (Å²) in [5.74, 6) is 1.05. The summed E-state index contributed by atoms with van der Waals surface area (Å²) >= 11 is 7.32. The van der Waals surface area contributed by atoms with Crippen LogP contribution in [0.2, 0.25) is 5.02 Å². The van der Waals surface area contributed by atoms with Crippen molar-refractivity contribution in [2.45, 2.75) is 50.8 Å². The summed E-state index contributed by atoms with van der Waals surface area (Å²) in [6, 6.07) is 21.9. The number of anilines is 1. The third kappa shape index (κ3) is 8.50. The summed E-state index contributed by atoms with van der Waals surface area (Å²) in [7, 11) is 1.60. The number of unbranched alkanes of at least 4 members (excludes halogenated alkanes) is 3. The highest BCUT2D eigenvalue weighted by atomic mass is 35.5. The molecule has 3 aromatic carbocycles. The van der Waals surface area contributed by atoms with Crippen molar-refractivity contribution in [3.05, 3.63) is 83.4 Å². The Morgan fingerprint density at radius 1 is 1.00 bits per heavy atom. The number of hydrogen-bond acceptors (Lipinski definition) is 6. The molecule has 2 amide bonds. The molecule has 1 atom stereocenters. The van der Waals surface area contributed by atoms with Gasteiger partial charge in [0.1, 0.15) is 16.7 Å². The Labute approximate surface area is 244 Å². The highest BCUT2D eigenvalue weighted by molar-refractivity contribution is 8.15. The smallest absolute Gasteiger partial charge is 0.238 e. The molecule has 40 heavy (non-hydrogen) atoms. The topological polar surface area (TPSA) is 80.2 Å². The zero-order valence-corrected chi connectivity index (χ0v) is 24.3. The molecule has 1 saturated heterocycles. The number of amidine groups is 1. The summed E-state index contributed by atoms with van der Waals surface area (Å²) in [4.78, 5) is 32.9. The van der Waals surface area contributed by atoms with Gasteiger partial charge < -0.3 is 14.8 Å². The van der Waals surface area contributed by atoms with Gasteiger partial charge in [0, 0.05) is 17.1 Å². The molecule has 4 rings (SSSR count). The number of methoxy groups -OCH3 is 1. The maximum absolute atomic E-state index is 13.3. The Kier molecular flexibility index (Phi) is 10.9. The highest BCUT2D eigenvalue weighted by Crippen LogP contribution is 2.32. The number of halogens is 1. The van der Waals surface area contributed by atoms with Gasteiger partial charge in [-0.25, -0.2) is 4.99 Å². The van der Waals surface area contributed by atoms with E-state index < -0.39 is 5.25 Å². The third-order valence-corrected chi connectivity index (χ3v) is 7.81. The minimum Gasteiger partial charge on any atom is -0.497 e. The Hall–Kier alpha value is -3.49. The first-order chi connectivity index (χ1) is 19.4. The average Bonchev–Trinajstić information content (AvgIpc) is 2.97. The van der Waals surface area contributed by atoms with E-state index in [0.717, 1.165) is 24.2 Å². The van der Waals surface area contributed by atoms with Crippen LogP contribution in [-0.4, -0.2) is 40.8 Å². The van der Waals surface area contributed by atoms with Gasteiger partial charge in [-0.2, -0.15) is 0 Å². The van der Waals surface area contributed by atoms with Crippen LogP contribution in [0, 0.1) is 0 Å². The predicted molar refractivity (Wildman–Crippen MR) is 163 cm³/mol. The minimum atomic E-state index is -0.625. The summed E-state index contributed by atoms with van der Waals surface area (Å²) in [5, 5.41) is 3.40. The SMILES string of the molecule is CCCCCCOc1ccc(NC(=O)C2CC(=O)N(Cc3ccc(Cl)cc3)C(=Nc3ccc(OC)cc3)S2)cc1. The van der Waals surface area contributed by atoms with Crippen molar-refractivity contribution in [2.75, 3.05) is 19.0 Å². The van der Waals surface area contributed by atoms with E-state index in [-0.39, 0.29) is 18.2 Å². The van der Waals surface area contributed by atoms with Crippen molar-refractivity contribution in [1.82, 2.24) is 4.90 Å².